The van der Waals surface area contributed by atoms with Crippen LogP contribution in [0.2, 0.25) is 0 Å². The van der Waals surface area contributed by atoms with E-state index in [-0.39, 0.29) is 19.1 Å². The highest BCUT2D eigenvalue weighted by Crippen LogP contribution is 2.19. The number of benzene rings is 2. The number of aromatic nitrogens is 2. The number of aliphatic hydroxyl groups excluding tert-OH is 1. The molecule has 0 saturated heterocycles. The second-order valence-electron chi connectivity index (χ2n) is 5.60. The van der Waals surface area contributed by atoms with Crippen LogP contribution in [0, 0.1) is 0 Å². The van der Waals surface area contributed by atoms with Gasteiger partial charge in [0.25, 0.3) is 0 Å². The van der Waals surface area contributed by atoms with E-state index in [9.17, 15) is 4.79 Å². The Balaban J connectivity index is 0.000000159. The van der Waals surface area contributed by atoms with E-state index >= 15 is 0 Å². The van der Waals surface area contributed by atoms with E-state index in [0.29, 0.717) is 12.4 Å². The Bertz CT molecular complexity index is 1010. The maximum atomic E-state index is 10.9. The van der Waals surface area contributed by atoms with Crippen molar-refractivity contribution in [1.82, 2.24) is 9.97 Å². The van der Waals surface area contributed by atoms with Gasteiger partial charge in [-0.15, -0.1) is 0 Å². The summed E-state index contributed by atoms with van der Waals surface area (Å²) < 4.78 is 7.11. The first kappa shape index (κ1) is 19.6. The third-order valence-electron chi connectivity index (χ3n) is 3.64. The van der Waals surface area contributed by atoms with E-state index in [2.05, 4.69) is 46.8 Å². The fourth-order valence-corrected chi connectivity index (χ4v) is 3.15. The number of hydrogen-bond acceptors (Lipinski definition) is 5. The molecule has 0 radical (unpaired) electrons. The Kier molecular flexibility index (Phi) is 6.65. The van der Waals surface area contributed by atoms with E-state index in [4.69, 9.17) is 9.84 Å². The highest BCUT2D eigenvalue weighted by molar-refractivity contribution is 9.10. The smallest absolute Gasteiger partial charge is 0.316 e. The van der Waals surface area contributed by atoms with Crippen LogP contribution in [0.4, 0.5) is 0 Å². The fourth-order valence-electron chi connectivity index (χ4n) is 2.39. The molecule has 27 heavy (non-hydrogen) atoms. The lowest BCUT2D eigenvalue weighted by atomic mass is 10.0. The second kappa shape index (κ2) is 9.16. The molecule has 3 aromatic rings. The van der Waals surface area contributed by atoms with Gasteiger partial charge in [0, 0.05) is 26.7 Å². The van der Waals surface area contributed by atoms with Gasteiger partial charge in [-0.05, 0) is 41.5 Å². The van der Waals surface area contributed by atoms with Crippen LogP contribution in [0.3, 0.4) is 0 Å². The summed E-state index contributed by atoms with van der Waals surface area (Å²) in [6, 6.07) is 11.9. The summed E-state index contributed by atoms with van der Waals surface area (Å²) in [6.07, 6.45) is 3.74. The molecular weight excluding hydrogens is 478 g/mol. The van der Waals surface area contributed by atoms with E-state index in [0.717, 1.165) is 31.0 Å². The van der Waals surface area contributed by atoms with Crippen molar-refractivity contribution < 1.29 is 14.6 Å². The number of hydrogen-bond donors (Lipinski definition) is 1. The molecule has 138 valence electrons. The van der Waals surface area contributed by atoms with Gasteiger partial charge in [0.2, 0.25) is 5.91 Å². The summed E-state index contributed by atoms with van der Waals surface area (Å²) in [5, 5.41) is 9.54. The van der Waals surface area contributed by atoms with Gasteiger partial charge in [-0.3, -0.25) is 4.79 Å². The van der Waals surface area contributed by atoms with Crippen molar-refractivity contribution in [3.63, 3.8) is 0 Å². The van der Waals surface area contributed by atoms with Crippen molar-refractivity contribution in [2.24, 2.45) is 4.99 Å². The minimum absolute atomic E-state index is 0.0399. The zero-order valence-corrected chi connectivity index (χ0v) is 17.3. The minimum atomic E-state index is -0.0650. The lowest BCUT2D eigenvalue weighted by molar-refractivity contribution is -0.117. The molecule has 0 saturated carbocycles. The average Bonchev–Trinajstić information content (AvgIpc) is 2.67. The molecule has 0 fully saturated rings. The van der Waals surface area contributed by atoms with Crippen LogP contribution in [0.1, 0.15) is 11.1 Å². The molecule has 0 unspecified atom stereocenters. The van der Waals surface area contributed by atoms with Crippen LogP contribution < -0.4 is 4.74 Å². The number of amides is 1. The lowest BCUT2D eigenvalue weighted by Gasteiger charge is -2.07. The molecule has 0 atom stereocenters. The molecule has 1 amide bonds. The number of carbonyl (C=O) groups excluding carboxylic acids is 1. The van der Waals surface area contributed by atoms with Gasteiger partial charge in [0.1, 0.15) is 6.61 Å². The number of aliphatic hydroxyl groups is 1. The van der Waals surface area contributed by atoms with Crippen molar-refractivity contribution in [2.45, 2.75) is 6.42 Å². The largest absolute Gasteiger partial charge is 0.461 e. The lowest BCUT2D eigenvalue weighted by Crippen LogP contribution is -2.08. The molecular formula is C19H15Br2N3O3. The zero-order chi connectivity index (χ0) is 19.2. The minimum Gasteiger partial charge on any atom is -0.461 e. The van der Waals surface area contributed by atoms with E-state index < -0.39 is 0 Å². The monoisotopic (exact) mass is 491 g/mol. The predicted octanol–water partition coefficient (Wildman–Crippen LogP) is 3.71. The maximum Gasteiger partial charge on any atom is 0.316 e. The molecule has 1 N–H and O–H groups in total. The van der Waals surface area contributed by atoms with E-state index in [1.807, 2.05) is 36.4 Å². The predicted molar refractivity (Wildman–Crippen MR) is 110 cm³/mol. The molecule has 0 spiro atoms. The molecule has 0 bridgehead atoms. The van der Waals surface area contributed by atoms with Gasteiger partial charge in [-0.25, -0.2) is 9.98 Å². The molecule has 0 aliphatic carbocycles. The Morgan fingerprint density at radius 3 is 2.70 bits per heavy atom. The third kappa shape index (κ3) is 5.41. The molecule has 4 rings (SSSR count). The SMILES string of the molecule is O=C1Cc2ccc(Br)cc2C=N1.OCCOc1ncc2cc(Br)ccc2n1. The average molecular weight is 493 g/mol. The number of carbonyl (C=O) groups is 1. The van der Waals surface area contributed by atoms with Crippen molar-refractivity contribution in [3.05, 3.63) is 62.7 Å². The molecule has 2 heterocycles. The van der Waals surface area contributed by atoms with Crippen molar-refractivity contribution >= 4 is 54.9 Å². The molecule has 1 aliphatic heterocycles. The number of rotatable bonds is 3. The third-order valence-corrected chi connectivity index (χ3v) is 4.63. The summed E-state index contributed by atoms with van der Waals surface area (Å²) in [7, 11) is 0. The quantitative estimate of drug-likeness (QED) is 0.602. The van der Waals surface area contributed by atoms with Crippen LogP contribution in [0.25, 0.3) is 10.9 Å². The number of fused-ring (bicyclic) bond motifs is 2. The van der Waals surface area contributed by atoms with Gasteiger partial charge >= 0.3 is 6.01 Å². The van der Waals surface area contributed by atoms with Crippen LogP contribution in [0.5, 0.6) is 6.01 Å². The summed E-state index contributed by atoms with van der Waals surface area (Å²) in [6.45, 7) is 0.170. The summed E-state index contributed by atoms with van der Waals surface area (Å²) in [4.78, 5) is 22.8. The van der Waals surface area contributed by atoms with Crippen LogP contribution in [0.15, 0.2) is 56.5 Å². The van der Waals surface area contributed by atoms with Crippen molar-refractivity contribution in [1.29, 1.82) is 0 Å². The molecule has 8 heteroatoms. The number of aliphatic imine (C=N–C) groups is 1. The van der Waals surface area contributed by atoms with Crippen LogP contribution in [-0.2, 0) is 11.2 Å². The van der Waals surface area contributed by atoms with Crippen LogP contribution in [-0.4, -0.2) is 40.4 Å². The number of nitrogens with zero attached hydrogens (tertiary/aromatic N) is 3. The molecule has 6 nitrogen and oxygen atoms in total. The Morgan fingerprint density at radius 2 is 1.89 bits per heavy atom. The summed E-state index contributed by atoms with van der Waals surface area (Å²) in [5.41, 5.74) is 2.91. The molecule has 1 aliphatic rings. The number of ether oxygens (including phenoxy) is 1. The fraction of sp³-hybridized carbons (Fsp3) is 0.158. The zero-order valence-electron chi connectivity index (χ0n) is 14.1. The first-order valence-electron chi connectivity index (χ1n) is 8.06. The highest BCUT2D eigenvalue weighted by Gasteiger charge is 2.10. The van der Waals surface area contributed by atoms with Gasteiger partial charge in [0.05, 0.1) is 18.5 Å². The first-order valence-corrected chi connectivity index (χ1v) is 9.65. The van der Waals surface area contributed by atoms with Crippen molar-refractivity contribution in [2.75, 3.05) is 13.2 Å². The number of halogens is 2. The highest BCUT2D eigenvalue weighted by atomic mass is 79.9. The van der Waals surface area contributed by atoms with E-state index in [1.165, 1.54) is 0 Å². The van der Waals surface area contributed by atoms with E-state index in [1.54, 1.807) is 12.4 Å². The normalized spacial score (nSPS) is 12.3. The van der Waals surface area contributed by atoms with Crippen LogP contribution >= 0.6 is 31.9 Å². The Morgan fingerprint density at radius 1 is 1.11 bits per heavy atom. The second-order valence-corrected chi connectivity index (χ2v) is 7.43. The van der Waals surface area contributed by atoms with Gasteiger partial charge < -0.3 is 9.84 Å². The maximum absolute atomic E-state index is 10.9. The van der Waals surface area contributed by atoms with Gasteiger partial charge in [-0.1, -0.05) is 37.9 Å². The van der Waals surface area contributed by atoms with Crippen molar-refractivity contribution in [3.8, 4) is 6.01 Å². The Labute approximate surface area is 172 Å². The topological polar surface area (TPSA) is 84.7 Å². The van der Waals surface area contributed by atoms with Gasteiger partial charge in [0.15, 0.2) is 0 Å². The standard InChI is InChI=1S/C10H9BrN2O2.C9H6BrNO/c11-8-1-2-9-7(5-8)6-12-10(13-9)15-4-3-14;10-8-2-1-6-4-9(12)11-5-7(6)3-8/h1-2,5-6,14H,3-4H2;1-3,5H,4H2. The molecule has 2 aromatic carbocycles. The molecule has 1 aromatic heterocycles. The summed E-state index contributed by atoms with van der Waals surface area (Å²) >= 11 is 6.73. The summed E-state index contributed by atoms with van der Waals surface area (Å²) in [5.74, 6) is -0.0650. The first-order chi connectivity index (χ1) is 13.0. The van der Waals surface area contributed by atoms with Gasteiger partial charge in [-0.2, -0.15) is 4.98 Å². The Hall–Kier alpha value is -2.16.